The van der Waals surface area contributed by atoms with Gasteiger partial charge in [0.25, 0.3) is 8.32 Å². The van der Waals surface area contributed by atoms with E-state index in [1.165, 1.54) is 18.1 Å². The molecule has 0 saturated carbocycles. The van der Waals surface area contributed by atoms with Gasteiger partial charge in [0, 0.05) is 0 Å². The minimum Gasteiger partial charge on any atom is -0.543 e. The molecule has 0 aromatic heterocycles. The molecular formula is C14H24OSi. The summed E-state index contributed by atoms with van der Waals surface area (Å²) in [6.45, 7) is 9.14. The van der Waals surface area contributed by atoms with Crippen LogP contribution >= 0.6 is 0 Å². The van der Waals surface area contributed by atoms with Crippen LogP contribution in [0.3, 0.4) is 0 Å². The van der Waals surface area contributed by atoms with Crippen molar-refractivity contribution >= 4 is 8.32 Å². The van der Waals surface area contributed by atoms with E-state index in [4.69, 9.17) is 4.43 Å². The summed E-state index contributed by atoms with van der Waals surface area (Å²) in [6, 6.07) is 14.0. The van der Waals surface area contributed by atoms with Gasteiger partial charge in [-0.25, -0.2) is 0 Å². The van der Waals surface area contributed by atoms with Crippen LogP contribution in [0.4, 0.5) is 0 Å². The van der Waals surface area contributed by atoms with Crippen LogP contribution < -0.4 is 4.43 Å². The van der Waals surface area contributed by atoms with Gasteiger partial charge < -0.3 is 4.43 Å². The molecule has 0 amide bonds. The lowest BCUT2D eigenvalue weighted by Crippen LogP contribution is -2.41. The lowest BCUT2D eigenvalue weighted by Gasteiger charge is -2.31. The Morgan fingerprint density at radius 2 is 1.62 bits per heavy atom. The zero-order chi connectivity index (χ0) is 12.0. The fraction of sp³-hybridized carbons (Fsp3) is 0.571. The summed E-state index contributed by atoms with van der Waals surface area (Å²) in [5.41, 5.74) is 0. The van der Waals surface area contributed by atoms with Crippen LogP contribution in [-0.4, -0.2) is 8.32 Å². The maximum absolute atomic E-state index is 6.35. The molecule has 0 spiro atoms. The molecule has 0 aliphatic rings. The van der Waals surface area contributed by atoms with Gasteiger partial charge in [0.15, 0.2) is 0 Å². The lowest BCUT2D eigenvalue weighted by atomic mass is 10.3. The highest BCUT2D eigenvalue weighted by atomic mass is 28.4. The van der Waals surface area contributed by atoms with Crippen molar-refractivity contribution in [1.82, 2.24) is 0 Å². The van der Waals surface area contributed by atoms with Crippen LogP contribution in [0.1, 0.15) is 27.7 Å². The molecule has 0 fully saturated rings. The van der Waals surface area contributed by atoms with E-state index in [1.54, 1.807) is 0 Å². The summed E-state index contributed by atoms with van der Waals surface area (Å²) in [4.78, 5) is 0. The van der Waals surface area contributed by atoms with E-state index in [-0.39, 0.29) is 0 Å². The van der Waals surface area contributed by atoms with Gasteiger partial charge in [-0.05, 0) is 36.2 Å². The van der Waals surface area contributed by atoms with Crippen LogP contribution in [-0.2, 0) is 0 Å². The Labute approximate surface area is 101 Å². The third-order valence-corrected chi connectivity index (χ3v) is 7.95. The van der Waals surface area contributed by atoms with Crippen LogP contribution in [0, 0.1) is 5.92 Å². The first kappa shape index (κ1) is 13.3. The van der Waals surface area contributed by atoms with Crippen molar-refractivity contribution in [3.05, 3.63) is 30.3 Å². The molecule has 1 aromatic rings. The molecule has 2 heteroatoms. The first-order valence-corrected chi connectivity index (χ1v) is 8.89. The largest absolute Gasteiger partial charge is 0.543 e. The predicted molar refractivity (Wildman–Crippen MR) is 73.4 cm³/mol. The third-order valence-electron chi connectivity index (χ3n) is 3.15. The second kappa shape index (κ2) is 6.09. The number of para-hydroxylation sites is 1. The third kappa shape index (κ3) is 3.67. The number of rotatable bonds is 6. The van der Waals surface area contributed by atoms with E-state index in [0.29, 0.717) is 0 Å². The molecule has 90 valence electrons. The van der Waals surface area contributed by atoms with Gasteiger partial charge in [-0.1, -0.05) is 45.9 Å². The second-order valence-electron chi connectivity index (χ2n) is 4.90. The fourth-order valence-electron chi connectivity index (χ4n) is 2.21. The van der Waals surface area contributed by atoms with Gasteiger partial charge in [0.05, 0.1) is 0 Å². The van der Waals surface area contributed by atoms with Gasteiger partial charge >= 0.3 is 0 Å². The Morgan fingerprint density at radius 3 is 2.06 bits per heavy atom. The fourth-order valence-corrected chi connectivity index (χ4v) is 5.78. The molecule has 0 aliphatic carbocycles. The zero-order valence-electron chi connectivity index (χ0n) is 11.0. The molecule has 0 N–H and O–H groups in total. The average Bonchev–Trinajstić information content (AvgIpc) is 2.29. The van der Waals surface area contributed by atoms with Crippen LogP contribution in [0.5, 0.6) is 5.75 Å². The summed E-state index contributed by atoms with van der Waals surface area (Å²) in [7, 11) is -1.55. The van der Waals surface area contributed by atoms with Crippen LogP contribution in [0.25, 0.3) is 0 Å². The second-order valence-corrected chi connectivity index (χ2v) is 9.30. The molecule has 0 radical (unpaired) electrons. The van der Waals surface area contributed by atoms with Crippen molar-refractivity contribution in [1.29, 1.82) is 0 Å². The van der Waals surface area contributed by atoms with Crippen molar-refractivity contribution in [3.63, 3.8) is 0 Å². The van der Waals surface area contributed by atoms with Crippen molar-refractivity contribution in [2.45, 2.75) is 45.8 Å². The molecule has 0 bridgehead atoms. The Hall–Kier alpha value is -0.763. The maximum Gasteiger partial charge on any atom is 0.250 e. The lowest BCUT2D eigenvalue weighted by molar-refractivity contribution is 0.511. The Balaban J connectivity index is 2.78. The van der Waals surface area contributed by atoms with Gasteiger partial charge in [-0.15, -0.1) is 0 Å². The first-order valence-electron chi connectivity index (χ1n) is 6.36. The average molecular weight is 236 g/mol. The number of hydrogen-bond acceptors (Lipinski definition) is 1. The van der Waals surface area contributed by atoms with Crippen molar-refractivity contribution < 1.29 is 4.43 Å². The minimum absolute atomic E-state index is 0.732. The summed E-state index contributed by atoms with van der Waals surface area (Å²) in [5.74, 6) is 1.79. The highest BCUT2D eigenvalue weighted by Gasteiger charge is 2.33. The molecule has 0 aliphatic heterocycles. The Morgan fingerprint density at radius 1 is 1.06 bits per heavy atom. The van der Waals surface area contributed by atoms with E-state index in [9.17, 15) is 0 Å². The molecule has 16 heavy (non-hydrogen) atoms. The highest BCUT2D eigenvalue weighted by molar-refractivity contribution is 6.74. The van der Waals surface area contributed by atoms with Crippen LogP contribution in [0.15, 0.2) is 30.3 Å². The first-order chi connectivity index (χ1) is 7.62. The van der Waals surface area contributed by atoms with Crippen molar-refractivity contribution in [2.75, 3.05) is 0 Å². The van der Waals surface area contributed by atoms with Gasteiger partial charge in [-0.2, -0.15) is 0 Å². The molecule has 0 saturated heterocycles. The van der Waals surface area contributed by atoms with E-state index in [2.05, 4.69) is 52.0 Å². The molecule has 1 rings (SSSR count). The van der Waals surface area contributed by atoms with Gasteiger partial charge in [0.2, 0.25) is 0 Å². The topological polar surface area (TPSA) is 9.23 Å². The monoisotopic (exact) mass is 236 g/mol. The quantitative estimate of drug-likeness (QED) is 0.650. The Bertz CT molecular complexity index is 291. The van der Waals surface area contributed by atoms with Crippen LogP contribution in [0.2, 0.25) is 18.1 Å². The molecule has 0 heterocycles. The molecule has 0 unspecified atom stereocenters. The summed E-state index contributed by atoms with van der Waals surface area (Å²) in [5, 5.41) is 0. The zero-order valence-corrected chi connectivity index (χ0v) is 12.0. The molecule has 0 atom stereocenters. The van der Waals surface area contributed by atoms with E-state index in [1.807, 2.05) is 6.07 Å². The highest BCUT2D eigenvalue weighted by Crippen LogP contribution is 2.28. The van der Waals surface area contributed by atoms with E-state index >= 15 is 0 Å². The standard InChI is InChI=1S/C14H24OSi/c1-5-16(6-2,12-13(3)4)15-14-10-8-7-9-11-14/h7-11,13H,5-6,12H2,1-4H3. The smallest absolute Gasteiger partial charge is 0.250 e. The SMILES string of the molecule is CC[Si](CC)(CC(C)C)Oc1ccccc1. The molecule has 1 aromatic carbocycles. The minimum atomic E-state index is -1.55. The van der Waals surface area contributed by atoms with Gasteiger partial charge in [0.1, 0.15) is 5.75 Å². The predicted octanol–water partition coefficient (Wildman–Crippen LogP) is 4.71. The molecule has 1 nitrogen and oxygen atoms in total. The van der Waals surface area contributed by atoms with E-state index in [0.717, 1.165) is 11.7 Å². The summed E-state index contributed by atoms with van der Waals surface area (Å²) in [6.07, 6.45) is 0. The van der Waals surface area contributed by atoms with Crippen molar-refractivity contribution in [2.24, 2.45) is 5.92 Å². The molecular weight excluding hydrogens is 212 g/mol. The number of hydrogen-bond donors (Lipinski definition) is 0. The summed E-state index contributed by atoms with van der Waals surface area (Å²) < 4.78 is 6.35. The summed E-state index contributed by atoms with van der Waals surface area (Å²) >= 11 is 0. The van der Waals surface area contributed by atoms with Gasteiger partial charge in [-0.3, -0.25) is 0 Å². The Kier molecular flexibility index (Phi) is 5.06. The van der Waals surface area contributed by atoms with E-state index < -0.39 is 8.32 Å². The maximum atomic E-state index is 6.35. The van der Waals surface area contributed by atoms with Crippen molar-refractivity contribution in [3.8, 4) is 5.75 Å². The number of benzene rings is 1. The normalized spacial score (nSPS) is 11.8.